The molecule has 0 bridgehead atoms. The van der Waals surface area contributed by atoms with E-state index in [1.54, 1.807) is 0 Å². The van der Waals surface area contributed by atoms with Crippen LogP contribution < -0.4 is 18.9 Å². The van der Waals surface area contributed by atoms with E-state index < -0.39 is 83.0 Å². The molecule has 0 saturated carbocycles. The molecule has 8 unspecified atom stereocenters. The molecular weight excluding hydrogens is 535 g/mol. The first-order valence-corrected chi connectivity index (χ1v) is 8.93. The van der Waals surface area contributed by atoms with Crippen molar-refractivity contribution in [2.75, 3.05) is 0 Å². The fourth-order valence-corrected chi connectivity index (χ4v) is 2.43. The summed E-state index contributed by atoms with van der Waals surface area (Å²) in [6.07, 6.45) is -37.7. The fraction of sp³-hybridized carbons (Fsp3) is 1.00. The molecule has 21 heteroatoms. The van der Waals surface area contributed by atoms with Crippen LogP contribution in [0, 0.1) is 0 Å². The molecule has 3 nitrogen and oxygen atoms in total. The summed E-state index contributed by atoms with van der Waals surface area (Å²) in [6.45, 7) is 0. The van der Waals surface area contributed by atoms with Gasteiger partial charge < -0.3 is 4.55 Å². The first-order chi connectivity index (χ1) is 14.0. The van der Waals surface area contributed by atoms with Gasteiger partial charge in [-0.2, -0.15) is 26.3 Å². The summed E-state index contributed by atoms with van der Waals surface area (Å²) in [5.41, 5.74) is -5.69. The topological polar surface area (TPSA) is 57.2 Å². The zero-order valence-corrected chi connectivity index (χ0v) is 16.2. The zero-order valence-electron chi connectivity index (χ0n) is 15.4. The van der Waals surface area contributed by atoms with E-state index in [1.807, 2.05) is 0 Å². The molecule has 0 radical (unpaired) electrons. The van der Waals surface area contributed by atoms with Crippen LogP contribution in [0.1, 0.15) is 0 Å². The number of hydrogen-bond donors (Lipinski definition) is 0. The summed E-state index contributed by atoms with van der Waals surface area (Å²) < 4.78 is 238. The van der Waals surface area contributed by atoms with Crippen LogP contribution in [0.4, 0.5) is 70.2 Å². The van der Waals surface area contributed by atoms with E-state index in [4.69, 9.17) is 0 Å². The first-order valence-electron chi connectivity index (χ1n) is 7.46. The average molecular weight is 544 g/mol. The second kappa shape index (κ2) is 11.4. The number of hydrogen-bond acceptors (Lipinski definition) is 3. The average Bonchev–Trinajstić information content (AvgIpc) is 2.67. The number of halogens is 16. The van der Waals surface area contributed by atoms with Gasteiger partial charge in [-0.15, -0.1) is 0 Å². The van der Waals surface area contributed by atoms with Gasteiger partial charge in [-0.3, -0.25) is 0 Å². The standard InChI is InChI=1S/C12H10F16O3S.Li/c13-1(2(14)4(16)6(18)8(20)21)3(15)5(17)7(19)10(23,24)12(27,28)11(25,26)9(22)32(29,30)31;/h1-9H,(H,29,30,31);/q;+1/p-1. The molecule has 0 aromatic carbocycles. The third-order valence-corrected chi connectivity index (χ3v) is 4.57. The quantitative estimate of drug-likeness (QED) is 0.212. The van der Waals surface area contributed by atoms with Crippen LogP contribution in [0.15, 0.2) is 0 Å². The zero-order chi connectivity index (χ0) is 26.2. The molecule has 0 N–H and O–H groups in total. The van der Waals surface area contributed by atoms with Crippen LogP contribution >= 0.6 is 0 Å². The number of rotatable bonds is 12. The Kier molecular flexibility index (Phi) is 12.0. The molecule has 0 aliphatic rings. The summed E-state index contributed by atoms with van der Waals surface area (Å²) in [5.74, 6) is -22.3. The van der Waals surface area contributed by atoms with Gasteiger partial charge in [-0.05, 0) is 0 Å². The molecule has 0 aliphatic heterocycles. The van der Waals surface area contributed by atoms with Gasteiger partial charge >= 0.3 is 36.6 Å². The predicted molar refractivity (Wildman–Crippen MR) is 69.7 cm³/mol. The minimum Gasteiger partial charge on any atom is -0.746 e. The van der Waals surface area contributed by atoms with Gasteiger partial charge in [0.05, 0.1) is 0 Å². The molecule has 0 saturated heterocycles. The van der Waals surface area contributed by atoms with Crippen molar-refractivity contribution in [2.45, 2.75) is 72.9 Å². The molecule has 0 rings (SSSR count). The Labute approximate surface area is 185 Å². The molecule has 0 amide bonds. The predicted octanol–water partition coefficient (Wildman–Crippen LogP) is 1.37. The number of alkyl halides is 16. The van der Waals surface area contributed by atoms with E-state index in [9.17, 15) is 83.2 Å². The smallest absolute Gasteiger partial charge is 0.746 e. The Morgan fingerprint density at radius 1 is 0.545 bits per heavy atom. The Morgan fingerprint density at radius 3 is 1.15 bits per heavy atom. The van der Waals surface area contributed by atoms with Crippen molar-refractivity contribution in [3.05, 3.63) is 0 Å². The maximum Gasteiger partial charge on any atom is 1.00 e. The SMILES string of the molecule is O=S(=O)([O-])C(F)C(F)(F)C(F)(F)C(F)(F)C(F)C(F)C(F)C(F)C(F)C(F)C(F)C(F)F.[Li+]. The monoisotopic (exact) mass is 544 g/mol. The molecule has 0 aromatic heterocycles. The molecule has 0 aliphatic carbocycles. The summed E-state index contributed by atoms with van der Waals surface area (Å²) in [6, 6.07) is 0. The maximum atomic E-state index is 13.4. The third kappa shape index (κ3) is 6.75. The van der Waals surface area contributed by atoms with Crippen molar-refractivity contribution < 1.29 is 102 Å². The van der Waals surface area contributed by atoms with Crippen molar-refractivity contribution in [3.8, 4) is 0 Å². The van der Waals surface area contributed by atoms with Gasteiger partial charge in [0.2, 0.25) is 6.17 Å². The van der Waals surface area contributed by atoms with E-state index in [2.05, 4.69) is 0 Å². The van der Waals surface area contributed by atoms with E-state index in [0.717, 1.165) is 0 Å². The van der Waals surface area contributed by atoms with Gasteiger partial charge in [0.1, 0.15) is 10.1 Å². The molecule has 0 heterocycles. The molecule has 194 valence electrons. The van der Waals surface area contributed by atoms with Crippen molar-refractivity contribution in [3.63, 3.8) is 0 Å². The van der Waals surface area contributed by atoms with Gasteiger partial charge in [0, 0.05) is 0 Å². The first kappa shape index (κ1) is 34.6. The van der Waals surface area contributed by atoms with Crippen LogP contribution in [0.25, 0.3) is 0 Å². The van der Waals surface area contributed by atoms with E-state index in [1.165, 1.54) is 0 Å². The van der Waals surface area contributed by atoms with Crippen molar-refractivity contribution >= 4 is 10.1 Å². The van der Waals surface area contributed by atoms with Crippen molar-refractivity contribution in [2.24, 2.45) is 0 Å². The molecule has 0 spiro atoms. The Hall–Kier alpha value is -0.613. The van der Waals surface area contributed by atoms with Gasteiger partial charge in [0.25, 0.3) is 11.9 Å². The summed E-state index contributed by atoms with van der Waals surface area (Å²) in [5, 5.41) is 0. The molecule has 0 aromatic rings. The van der Waals surface area contributed by atoms with E-state index in [-0.39, 0.29) is 18.9 Å². The van der Waals surface area contributed by atoms with Crippen LogP contribution in [-0.4, -0.2) is 85.9 Å². The van der Waals surface area contributed by atoms with Crippen molar-refractivity contribution in [1.82, 2.24) is 0 Å². The Bertz CT molecular complexity index is 724. The largest absolute Gasteiger partial charge is 1.00 e. The van der Waals surface area contributed by atoms with Crippen LogP contribution in [0.5, 0.6) is 0 Å². The Morgan fingerprint density at radius 2 is 0.848 bits per heavy atom. The van der Waals surface area contributed by atoms with E-state index in [0.29, 0.717) is 0 Å². The van der Waals surface area contributed by atoms with Crippen LogP contribution in [0.3, 0.4) is 0 Å². The third-order valence-electron chi connectivity index (χ3n) is 3.76. The second-order valence-electron chi connectivity index (χ2n) is 6.03. The molecular formula is C12H9F16LiO3S. The minimum absolute atomic E-state index is 0. The van der Waals surface area contributed by atoms with Gasteiger partial charge in [-0.1, -0.05) is 0 Å². The summed E-state index contributed by atoms with van der Waals surface area (Å²) in [4.78, 5) is 0. The van der Waals surface area contributed by atoms with Gasteiger partial charge in [-0.25, -0.2) is 52.3 Å². The normalized spacial score (nSPS) is 21.4. The summed E-state index contributed by atoms with van der Waals surface area (Å²) in [7, 11) is -7.13. The van der Waals surface area contributed by atoms with Crippen molar-refractivity contribution in [1.29, 1.82) is 0 Å². The second-order valence-corrected chi connectivity index (χ2v) is 7.43. The minimum atomic E-state index is -7.64. The molecule has 8 atom stereocenters. The van der Waals surface area contributed by atoms with Gasteiger partial charge in [0.15, 0.2) is 37.0 Å². The van der Waals surface area contributed by atoms with E-state index >= 15 is 0 Å². The Balaban J connectivity index is 0. The van der Waals surface area contributed by atoms with Crippen LogP contribution in [-0.2, 0) is 10.1 Å². The van der Waals surface area contributed by atoms with Crippen LogP contribution in [0.2, 0.25) is 0 Å². The fourth-order valence-electron chi connectivity index (χ4n) is 1.92. The summed E-state index contributed by atoms with van der Waals surface area (Å²) >= 11 is 0. The molecule has 33 heavy (non-hydrogen) atoms. The molecule has 0 fully saturated rings. The maximum absolute atomic E-state index is 13.4.